The standard InChI is InChI=1S/C38H63BN7O9.C9H10FNO4S.C3H6O2/c1-3-5-9-18-44(21-23-45(29-37(52)53)22-20-43(17-4-2)28-36(50)51)27-34(48)40-16-8-6-7-15-33(47)41-25-30-12-10-13-31(24-30)38(54)42-26-35(49)46-19-11-14-32(46)39-55;10-16(13,14)15-8-4-1-7(2-5-8)3-6-9(11)12;1-2-3(4)5/h10,12-13,24,32,55H,3-9,11,14-23,25-29H2,1-2H3,(H,40,48)(H,41,47)(H,42,54)(H,50,51)(H,52,53);1-2,4-5H,3,6H2,(H2,11,12);2H2,1H3,(H,4,5). The zero-order valence-electron chi connectivity index (χ0n) is 44.1. The molecule has 2 aromatic carbocycles. The molecular formula is C50H79BFN8O15S. The molecule has 0 aromatic heterocycles. The lowest BCUT2D eigenvalue weighted by atomic mass is 9.86. The fraction of sp³-hybridized carbons (Fsp3) is 0.600. The van der Waals surface area contributed by atoms with Gasteiger partial charge in [0.05, 0.1) is 26.2 Å². The number of benzene rings is 2. The highest BCUT2D eigenvalue weighted by atomic mass is 32.3. The summed E-state index contributed by atoms with van der Waals surface area (Å²) in [5.74, 6) is -4.37. The van der Waals surface area contributed by atoms with Gasteiger partial charge in [-0.2, -0.15) is 8.42 Å². The van der Waals surface area contributed by atoms with Gasteiger partial charge >= 0.3 is 35.9 Å². The zero-order valence-corrected chi connectivity index (χ0v) is 44.9. The van der Waals surface area contributed by atoms with Gasteiger partial charge in [0.15, 0.2) is 0 Å². The van der Waals surface area contributed by atoms with Crippen LogP contribution in [-0.2, 0) is 57.0 Å². The molecule has 1 saturated heterocycles. The van der Waals surface area contributed by atoms with E-state index in [9.17, 15) is 65.9 Å². The number of nitrogens with two attached hydrogens (primary N) is 1. The minimum absolute atomic E-state index is 0.0947. The molecule has 1 fully saturated rings. The second kappa shape index (κ2) is 39.2. The van der Waals surface area contributed by atoms with Gasteiger partial charge in [0.2, 0.25) is 23.6 Å². The summed E-state index contributed by atoms with van der Waals surface area (Å²) in [5.41, 5.74) is 6.86. The smallest absolute Gasteiger partial charge is 0.481 e. The van der Waals surface area contributed by atoms with E-state index in [1.54, 1.807) is 45.9 Å². The first-order valence-electron chi connectivity index (χ1n) is 25.6. The molecule has 1 aliphatic heterocycles. The second-order valence-electron chi connectivity index (χ2n) is 17.9. The Hall–Kier alpha value is -6.22. The maximum atomic E-state index is 12.8. The molecule has 76 heavy (non-hydrogen) atoms. The van der Waals surface area contributed by atoms with Crippen molar-refractivity contribution < 1.29 is 75.2 Å². The summed E-state index contributed by atoms with van der Waals surface area (Å²) in [5, 5.41) is 44.2. The molecule has 3 rings (SSSR count). The highest BCUT2D eigenvalue weighted by Crippen LogP contribution is 2.17. The van der Waals surface area contributed by atoms with Crippen LogP contribution in [0.2, 0.25) is 0 Å². The number of unbranched alkanes of at least 4 members (excludes halogenated alkanes) is 4. The van der Waals surface area contributed by atoms with E-state index in [-0.39, 0.29) is 75.0 Å². The van der Waals surface area contributed by atoms with Crippen LogP contribution < -0.4 is 25.9 Å². The normalized spacial score (nSPS) is 12.9. The molecule has 1 radical (unpaired) electrons. The van der Waals surface area contributed by atoms with Gasteiger partial charge in [0, 0.05) is 76.6 Å². The van der Waals surface area contributed by atoms with E-state index in [1.807, 2.05) is 11.8 Å². The van der Waals surface area contributed by atoms with Crippen molar-refractivity contribution in [2.75, 3.05) is 78.5 Å². The van der Waals surface area contributed by atoms with Gasteiger partial charge < -0.3 is 51.1 Å². The maximum absolute atomic E-state index is 12.8. The Kier molecular flexibility index (Phi) is 35.0. The van der Waals surface area contributed by atoms with Crippen LogP contribution >= 0.6 is 0 Å². The van der Waals surface area contributed by atoms with Crippen LogP contribution in [-0.4, -0.2) is 188 Å². The number of hydrogen-bond donors (Lipinski definition) is 8. The molecule has 23 nitrogen and oxygen atoms in total. The van der Waals surface area contributed by atoms with Crippen LogP contribution in [0.5, 0.6) is 5.75 Å². The number of hydrogen-bond acceptors (Lipinski definition) is 15. The minimum atomic E-state index is -4.99. The monoisotopic (exact) mass is 1090 g/mol. The fourth-order valence-corrected chi connectivity index (χ4v) is 7.90. The van der Waals surface area contributed by atoms with Crippen LogP contribution in [0.1, 0.15) is 119 Å². The lowest BCUT2D eigenvalue weighted by Gasteiger charge is -2.28. The molecule has 2 aromatic rings. The molecule has 0 spiro atoms. The van der Waals surface area contributed by atoms with E-state index in [0.717, 1.165) is 57.1 Å². The first-order chi connectivity index (χ1) is 36.1. The van der Waals surface area contributed by atoms with E-state index in [0.29, 0.717) is 90.0 Å². The van der Waals surface area contributed by atoms with Crippen LogP contribution in [0.15, 0.2) is 48.5 Å². The second-order valence-corrected chi connectivity index (χ2v) is 18.9. The van der Waals surface area contributed by atoms with Crippen LogP contribution in [0.25, 0.3) is 0 Å². The number of carboxylic acid groups (broad SMARTS) is 3. The number of nitrogens with one attached hydrogen (secondary N) is 3. The average molecular weight is 1090 g/mol. The van der Waals surface area contributed by atoms with E-state index in [4.69, 9.17) is 10.8 Å². The van der Waals surface area contributed by atoms with E-state index in [1.165, 1.54) is 24.3 Å². The summed E-state index contributed by atoms with van der Waals surface area (Å²) in [7, 11) is -3.98. The number of carbonyl (C=O) groups is 8. The van der Waals surface area contributed by atoms with Crippen molar-refractivity contribution >= 4 is 65.4 Å². The topological polar surface area (TPSA) is 336 Å². The van der Waals surface area contributed by atoms with Gasteiger partial charge in [-0.25, -0.2) is 0 Å². The number of aliphatic carboxylic acids is 3. The lowest BCUT2D eigenvalue weighted by Crippen LogP contribution is -2.45. The van der Waals surface area contributed by atoms with Crippen molar-refractivity contribution in [3.8, 4) is 5.75 Å². The largest absolute Gasteiger partial charge is 0.488 e. The van der Waals surface area contributed by atoms with E-state index in [2.05, 4.69) is 27.1 Å². The molecule has 425 valence electrons. The Labute approximate surface area is 446 Å². The molecule has 1 atom stereocenters. The Morgan fingerprint density at radius 1 is 0.724 bits per heavy atom. The molecular weight excluding hydrogens is 1010 g/mol. The number of carboxylic acids is 3. The van der Waals surface area contributed by atoms with Gasteiger partial charge in [-0.05, 0) is 93.4 Å². The number of rotatable bonds is 36. The highest BCUT2D eigenvalue weighted by Gasteiger charge is 2.29. The van der Waals surface area contributed by atoms with Gasteiger partial charge in [-0.1, -0.05) is 68.2 Å². The molecule has 1 unspecified atom stereocenters. The Bertz CT molecular complexity index is 2210. The predicted molar refractivity (Wildman–Crippen MR) is 282 cm³/mol. The maximum Gasteiger partial charge on any atom is 0.488 e. The highest BCUT2D eigenvalue weighted by molar-refractivity contribution is 7.81. The van der Waals surface area contributed by atoms with Crippen molar-refractivity contribution in [2.45, 2.75) is 117 Å². The third-order valence-corrected chi connectivity index (χ3v) is 11.9. The van der Waals surface area contributed by atoms with Crippen molar-refractivity contribution in [3.05, 3.63) is 65.2 Å². The van der Waals surface area contributed by atoms with E-state index >= 15 is 0 Å². The quantitative estimate of drug-likeness (QED) is 0.0275. The number of aryl methyl sites for hydroxylation is 1. The number of primary amides is 1. The van der Waals surface area contributed by atoms with Gasteiger partial charge in [-0.3, -0.25) is 53.1 Å². The molecule has 1 heterocycles. The number of nitrogens with zero attached hydrogens (tertiary/aromatic N) is 4. The number of halogens is 1. The fourth-order valence-electron chi connectivity index (χ4n) is 7.56. The Morgan fingerprint density at radius 3 is 1.89 bits per heavy atom. The molecule has 5 amide bonds. The first kappa shape index (κ1) is 67.8. The van der Waals surface area contributed by atoms with Gasteiger partial charge in [0.1, 0.15) is 5.75 Å². The number of likely N-dealkylation sites (tertiary alicyclic amines) is 1. The summed E-state index contributed by atoms with van der Waals surface area (Å²) < 4.78 is 36.4. The van der Waals surface area contributed by atoms with Crippen LogP contribution in [0.4, 0.5) is 3.89 Å². The summed E-state index contributed by atoms with van der Waals surface area (Å²) in [6, 6.07) is 12.5. The SMILES string of the molecule is CCC(=O)O.CCCCCN(CCN(CCN(CCC)CC(=O)O)CC(=O)O)CC(=O)NCCCCCC(=O)NCc1cccc(C(=O)NCC(=O)N2CCCC2[B]O)c1.NC(=O)CCc1ccc(OS(=O)(=O)F)cc1. The van der Waals surface area contributed by atoms with Crippen LogP contribution in [0.3, 0.4) is 0 Å². The van der Waals surface area contributed by atoms with Crippen LogP contribution in [0, 0.1) is 0 Å². The van der Waals surface area contributed by atoms with Crippen molar-refractivity contribution in [3.63, 3.8) is 0 Å². The molecule has 0 bridgehead atoms. The van der Waals surface area contributed by atoms with E-state index < -0.39 is 40.2 Å². The molecule has 1 aliphatic rings. The summed E-state index contributed by atoms with van der Waals surface area (Å²) in [6.07, 6.45) is 8.55. The van der Waals surface area contributed by atoms with Crippen molar-refractivity contribution in [2.24, 2.45) is 5.73 Å². The zero-order chi connectivity index (χ0) is 56.9. The van der Waals surface area contributed by atoms with Crippen molar-refractivity contribution in [1.29, 1.82) is 0 Å². The minimum Gasteiger partial charge on any atom is -0.481 e. The average Bonchev–Trinajstić information content (AvgIpc) is 3.85. The number of carbonyl (C=O) groups excluding carboxylic acids is 5. The predicted octanol–water partition coefficient (Wildman–Crippen LogP) is 2.12. The third-order valence-electron chi connectivity index (χ3n) is 11.5. The lowest BCUT2D eigenvalue weighted by molar-refractivity contribution is -0.140. The molecule has 0 aliphatic carbocycles. The summed E-state index contributed by atoms with van der Waals surface area (Å²) >= 11 is 0. The number of amides is 5. The Balaban J connectivity index is 0.00000114. The molecule has 9 N–H and O–H groups in total. The van der Waals surface area contributed by atoms with Gasteiger partial charge in [-0.15, -0.1) is 0 Å². The molecule has 0 saturated carbocycles. The van der Waals surface area contributed by atoms with Gasteiger partial charge in [0.25, 0.3) is 5.91 Å². The summed E-state index contributed by atoms with van der Waals surface area (Å²) in [4.78, 5) is 100. The Morgan fingerprint density at radius 2 is 1.34 bits per heavy atom. The molecule has 26 heteroatoms. The summed E-state index contributed by atoms with van der Waals surface area (Å²) in [6.45, 7) is 9.83. The third kappa shape index (κ3) is 33.7. The first-order valence-corrected chi connectivity index (χ1v) is 26.9. The van der Waals surface area contributed by atoms with Crippen molar-refractivity contribution in [1.82, 2.24) is 35.6 Å².